The van der Waals surface area contributed by atoms with Crippen molar-refractivity contribution in [2.45, 2.75) is 13.5 Å². The van der Waals surface area contributed by atoms with Gasteiger partial charge in [-0.25, -0.2) is 0 Å². The number of carbonyl (C=O) groups is 1. The molecule has 0 atom stereocenters. The number of anilines is 1. The quantitative estimate of drug-likeness (QED) is 0.891. The highest BCUT2D eigenvalue weighted by molar-refractivity contribution is 5.95. The summed E-state index contributed by atoms with van der Waals surface area (Å²) in [7, 11) is 3.47. The van der Waals surface area contributed by atoms with Crippen LogP contribution in [-0.2, 0) is 6.54 Å². The summed E-state index contributed by atoms with van der Waals surface area (Å²) in [4.78, 5) is 17.7. The predicted octanol–water partition coefficient (Wildman–Crippen LogP) is 2.79. The molecule has 1 aromatic carbocycles. The molecule has 116 valence electrons. The molecule has 0 radical (unpaired) electrons. The molecule has 0 unspecified atom stereocenters. The van der Waals surface area contributed by atoms with Gasteiger partial charge in [0.15, 0.2) is 0 Å². The summed E-state index contributed by atoms with van der Waals surface area (Å²) in [6, 6.07) is 9.36. The van der Waals surface area contributed by atoms with Gasteiger partial charge in [-0.15, -0.1) is 0 Å². The van der Waals surface area contributed by atoms with Gasteiger partial charge in [0.05, 0.1) is 12.3 Å². The monoisotopic (exact) mass is 299 g/mol. The van der Waals surface area contributed by atoms with Crippen LogP contribution in [0.1, 0.15) is 22.8 Å². The van der Waals surface area contributed by atoms with E-state index in [1.165, 1.54) is 0 Å². The molecular weight excluding hydrogens is 278 g/mol. The van der Waals surface area contributed by atoms with Crippen molar-refractivity contribution >= 4 is 11.6 Å². The standard InChI is InChI=1S/C17H21N3O2/c1-4-22-16-10-14(17(21)20(2)3)7-8-15(16)19-12-13-6-5-9-18-11-13/h5-11,19H,4,12H2,1-3H3. The molecule has 0 aliphatic rings. The van der Waals surface area contributed by atoms with Gasteiger partial charge in [0.1, 0.15) is 5.75 Å². The number of amides is 1. The smallest absolute Gasteiger partial charge is 0.253 e. The Labute approximate surface area is 130 Å². The van der Waals surface area contributed by atoms with Gasteiger partial charge >= 0.3 is 0 Å². The van der Waals surface area contributed by atoms with Crippen molar-refractivity contribution in [2.24, 2.45) is 0 Å². The van der Waals surface area contributed by atoms with Gasteiger partial charge < -0.3 is 15.0 Å². The SMILES string of the molecule is CCOc1cc(C(=O)N(C)C)ccc1NCc1cccnc1. The van der Waals surface area contributed by atoms with E-state index in [-0.39, 0.29) is 5.91 Å². The Kier molecular flexibility index (Phi) is 5.36. The first-order chi connectivity index (χ1) is 10.6. The largest absolute Gasteiger partial charge is 0.492 e. The number of rotatable bonds is 6. The number of nitrogens with zero attached hydrogens (tertiary/aromatic N) is 2. The van der Waals surface area contributed by atoms with Crippen molar-refractivity contribution < 1.29 is 9.53 Å². The minimum atomic E-state index is -0.0419. The second-order valence-corrected chi connectivity index (χ2v) is 5.06. The second kappa shape index (κ2) is 7.45. The van der Waals surface area contributed by atoms with Gasteiger partial charge in [-0.05, 0) is 36.8 Å². The van der Waals surface area contributed by atoms with Gasteiger partial charge in [0.2, 0.25) is 0 Å². The molecule has 0 aliphatic heterocycles. The fourth-order valence-corrected chi connectivity index (χ4v) is 2.03. The van der Waals surface area contributed by atoms with Crippen LogP contribution in [0.25, 0.3) is 0 Å². The molecule has 0 saturated heterocycles. The molecule has 1 amide bonds. The lowest BCUT2D eigenvalue weighted by Gasteiger charge is -2.15. The topological polar surface area (TPSA) is 54.5 Å². The predicted molar refractivity (Wildman–Crippen MR) is 87.2 cm³/mol. The number of ether oxygens (including phenoxy) is 1. The summed E-state index contributed by atoms with van der Waals surface area (Å²) in [5.74, 6) is 0.638. The Bertz CT molecular complexity index is 627. The van der Waals surface area contributed by atoms with Crippen LogP contribution in [0.15, 0.2) is 42.7 Å². The van der Waals surface area contributed by atoms with E-state index in [4.69, 9.17) is 4.74 Å². The average Bonchev–Trinajstić information content (AvgIpc) is 2.54. The maximum atomic E-state index is 12.0. The van der Waals surface area contributed by atoms with E-state index in [2.05, 4.69) is 10.3 Å². The molecule has 1 N–H and O–H groups in total. The van der Waals surface area contributed by atoms with Crippen LogP contribution in [0.5, 0.6) is 5.75 Å². The molecule has 1 heterocycles. The van der Waals surface area contributed by atoms with E-state index in [0.29, 0.717) is 24.5 Å². The summed E-state index contributed by atoms with van der Waals surface area (Å²) in [5, 5.41) is 3.32. The van der Waals surface area contributed by atoms with Crippen molar-refractivity contribution in [3.8, 4) is 5.75 Å². The zero-order chi connectivity index (χ0) is 15.9. The molecule has 0 bridgehead atoms. The molecule has 0 fully saturated rings. The number of aromatic nitrogens is 1. The summed E-state index contributed by atoms with van der Waals surface area (Å²) < 4.78 is 5.65. The van der Waals surface area contributed by atoms with Gasteiger partial charge in [0, 0.05) is 38.6 Å². The molecule has 2 aromatic rings. The van der Waals surface area contributed by atoms with Crippen LogP contribution in [-0.4, -0.2) is 36.5 Å². The van der Waals surface area contributed by atoms with Crippen LogP contribution in [0, 0.1) is 0 Å². The average molecular weight is 299 g/mol. The van der Waals surface area contributed by atoms with Gasteiger partial charge in [-0.3, -0.25) is 9.78 Å². The third-order valence-electron chi connectivity index (χ3n) is 3.14. The van der Waals surface area contributed by atoms with Gasteiger partial charge in [-0.1, -0.05) is 6.07 Å². The normalized spacial score (nSPS) is 10.1. The number of benzene rings is 1. The van der Waals surface area contributed by atoms with Crippen molar-refractivity contribution in [3.63, 3.8) is 0 Å². The van der Waals surface area contributed by atoms with Crippen molar-refractivity contribution in [1.82, 2.24) is 9.88 Å². The van der Waals surface area contributed by atoms with Crippen LogP contribution in [0.2, 0.25) is 0 Å². The van der Waals surface area contributed by atoms with Crippen molar-refractivity contribution in [3.05, 3.63) is 53.9 Å². The minimum absolute atomic E-state index is 0.0419. The van der Waals surface area contributed by atoms with E-state index >= 15 is 0 Å². The molecule has 22 heavy (non-hydrogen) atoms. The van der Waals surface area contributed by atoms with E-state index in [1.807, 2.05) is 31.3 Å². The molecule has 2 rings (SSSR count). The number of carbonyl (C=O) groups excluding carboxylic acids is 1. The van der Waals surface area contributed by atoms with E-state index in [0.717, 1.165) is 11.3 Å². The summed E-state index contributed by atoms with van der Waals surface area (Å²) in [5.41, 5.74) is 2.56. The lowest BCUT2D eigenvalue weighted by molar-refractivity contribution is 0.0827. The maximum Gasteiger partial charge on any atom is 0.253 e. The molecule has 0 aliphatic carbocycles. The Morgan fingerprint density at radius 2 is 2.14 bits per heavy atom. The summed E-state index contributed by atoms with van der Waals surface area (Å²) in [6.07, 6.45) is 3.56. The van der Waals surface area contributed by atoms with Crippen molar-refractivity contribution in [1.29, 1.82) is 0 Å². The lowest BCUT2D eigenvalue weighted by atomic mass is 10.1. The van der Waals surface area contributed by atoms with Crippen LogP contribution in [0.4, 0.5) is 5.69 Å². The third-order valence-corrected chi connectivity index (χ3v) is 3.14. The highest BCUT2D eigenvalue weighted by Gasteiger charge is 2.12. The first kappa shape index (κ1) is 15.8. The second-order valence-electron chi connectivity index (χ2n) is 5.06. The minimum Gasteiger partial charge on any atom is -0.492 e. The third kappa shape index (κ3) is 3.97. The van der Waals surface area contributed by atoms with Gasteiger partial charge in [-0.2, -0.15) is 0 Å². The van der Waals surface area contributed by atoms with Crippen LogP contribution < -0.4 is 10.1 Å². The van der Waals surface area contributed by atoms with Gasteiger partial charge in [0.25, 0.3) is 5.91 Å². The molecule has 5 nitrogen and oxygen atoms in total. The summed E-state index contributed by atoms with van der Waals surface area (Å²) >= 11 is 0. The maximum absolute atomic E-state index is 12.0. The molecule has 0 spiro atoms. The molecule has 1 aromatic heterocycles. The summed E-state index contributed by atoms with van der Waals surface area (Å²) in [6.45, 7) is 3.11. The van der Waals surface area contributed by atoms with E-state index in [9.17, 15) is 4.79 Å². The number of nitrogens with one attached hydrogen (secondary N) is 1. The number of pyridine rings is 1. The molecular formula is C17H21N3O2. The Morgan fingerprint density at radius 1 is 1.32 bits per heavy atom. The molecule has 5 heteroatoms. The van der Waals surface area contributed by atoms with Crippen LogP contribution in [0.3, 0.4) is 0 Å². The van der Waals surface area contributed by atoms with E-state index in [1.54, 1.807) is 37.3 Å². The van der Waals surface area contributed by atoms with E-state index < -0.39 is 0 Å². The zero-order valence-corrected chi connectivity index (χ0v) is 13.2. The fourth-order valence-electron chi connectivity index (χ4n) is 2.03. The highest BCUT2D eigenvalue weighted by Crippen LogP contribution is 2.27. The first-order valence-electron chi connectivity index (χ1n) is 7.23. The first-order valence-corrected chi connectivity index (χ1v) is 7.23. The lowest BCUT2D eigenvalue weighted by Crippen LogP contribution is -2.21. The van der Waals surface area contributed by atoms with Crippen LogP contribution >= 0.6 is 0 Å². The number of hydrogen-bond donors (Lipinski definition) is 1. The highest BCUT2D eigenvalue weighted by atomic mass is 16.5. The Morgan fingerprint density at radius 3 is 2.77 bits per heavy atom. The molecule has 0 saturated carbocycles. The Balaban J connectivity index is 2.18. The number of hydrogen-bond acceptors (Lipinski definition) is 4. The Hall–Kier alpha value is -2.56. The van der Waals surface area contributed by atoms with Crippen molar-refractivity contribution in [2.75, 3.05) is 26.0 Å². The fraction of sp³-hybridized carbons (Fsp3) is 0.294. The zero-order valence-electron chi connectivity index (χ0n) is 13.2.